The van der Waals surface area contributed by atoms with Crippen LogP contribution in [0.15, 0.2) is 71.3 Å². The van der Waals surface area contributed by atoms with Gasteiger partial charge in [-0.2, -0.15) is 0 Å². The summed E-state index contributed by atoms with van der Waals surface area (Å²) in [5.74, 6) is 0. The first-order chi connectivity index (χ1) is 14.9. The van der Waals surface area contributed by atoms with Gasteiger partial charge < -0.3 is 4.42 Å². The van der Waals surface area contributed by atoms with Crippen molar-refractivity contribution in [2.75, 3.05) is 0 Å². The van der Waals surface area contributed by atoms with Gasteiger partial charge in [-0.3, -0.25) is 0 Å². The molecule has 0 amide bonds. The molecule has 0 fully saturated rings. The van der Waals surface area contributed by atoms with Crippen LogP contribution in [0.3, 0.4) is 0 Å². The van der Waals surface area contributed by atoms with Gasteiger partial charge in [-0.05, 0) is 47.7 Å². The van der Waals surface area contributed by atoms with Crippen LogP contribution >= 0.6 is 0 Å². The zero-order chi connectivity index (χ0) is 21.5. The van der Waals surface area contributed by atoms with Crippen LogP contribution in [-0.4, -0.2) is 0 Å². The average Bonchev–Trinajstić information content (AvgIpc) is 3.23. The lowest BCUT2D eigenvalue weighted by Crippen LogP contribution is -2.30. The molecule has 1 aliphatic rings. The van der Waals surface area contributed by atoms with Gasteiger partial charge in [-0.15, -0.1) is 0 Å². The quantitative estimate of drug-likeness (QED) is 0.275. The van der Waals surface area contributed by atoms with Gasteiger partial charge in [0.1, 0.15) is 18.2 Å². The lowest BCUT2D eigenvalue weighted by Gasteiger charge is -2.21. The smallest absolute Gasteiger partial charge is 0.216 e. The van der Waals surface area contributed by atoms with Crippen molar-refractivity contribution in [3.8, 4) is 22.4 Å². The van der Waals surface area contributed by atoms with Crippen LogP contribution in [0.5, 0.6) is 0 Å². The van der Waals surface area contributed by atoms with Crippen molar-refractivity contribution in [2.24, 2.45) is 7.05 Å². The fraction of sp³-hybridized carbons (Fsp3) is 0.207. The molecule has 0 atom stereocenters. The Balaban J connectivity index is 1.80. The number of aromatic nitrogens is 1. The number of aryl methyl sites for hydroxylation is 3. The Bertz CT molecular complexity index is 1530. The van der Waals surface area contributed by atoms with Crippen molar-refractivity contribution in [1.29, 1.82) is 0 Å². The Morgan fingerprint density at radius 3 is 2.35 bits per heavy atom. The normalized spacial score (nSPS) is 14.2. The first kappa shape index (κ1) is 18.4. The van der Waals surface area contributed by atoms with E-state index in [1.54, 1.807) is 0 Å². The number of hydrogen-bond donors (Lipinski definition) is 0. The zero-order valence-electron chi connectivity index (χ0n) is 18.7. The molecule has 3 aromatic carbocycles. The van der Waals surface area contributed by atoms with Gasteiger partial charge >= 0.3 is 0 Å². The molecule has 1 aliphatic carbocycles. The van der Waals surface area contributed by atoms with Crippen molar-refractivity contribution < 1.29 is 8.98 Å². The Morgan fingerprint density at radius 2 is 1.55 bits per heavy atom. The number of nitrogens with zero attached hydrogens (tertiary/aromatic N) is 1. The minimum Gasteiger partial charge on any atom is -0.454 e. The maximum absolute atomic E-state index is 6.83. The fourth-order valence-corrected chi connectivity index (χ4v) is 5.66. The molecule has 0 spiro atoms. The molecule has 0 bridgehead atoms. The van der Waals surface area contributed by atoms with E-state index in [9.17, 15) is 0 Å². The molecule has 2 nitrogen and oxygen atoms in total. The van der Waals surface area contributed by atoms with Gasteiger partial charge in [0.25, 0.3) is 0 Å². The van der Waals surface area contributed by atoms with Gasteiger partial charge in [-0.1, -0.05) is 56.3 Å². The molecule has 0 N–H and O–H groups in total. The summed E-state index contributed by atoms with van der Waals surface area (Å²) < 4.78 is 9.01. The molecule has 0 aliphatic heterocycles. The van der Waals surface area contributed by atoms with Gasteiger partial charge in [0.15, 0.2) is 6.20 Å². The minimum atomic E-state index is -0.0290. The van der Waals surface area contributed by atoms with Gasteiger partial charge in [0.05, 0.1) is 5.56 Å². The maximum atomic E-state index is 6.83. The molecule has 0 unspecified atom stereocenters. The molecule has 6 rings (SSSR count). The molecular formula is C29H26NO+. The van der Waals surface area contributed by atoms with E-state index < -0.39 is 0 Å². The van der Waals surface area contributed by atoms with Crippen LogP contribution < -0.4 is 4.57 Å². The molecule has 31 heavy (non-hydrogen) atoms. The summed E-state index contributed by atoms with van der Waals surface area (Å²) in [5, 5.41) is 2.43. The van der Waals surface area contributed by atoms with Crippen LogP contribution in [-0.2, 0) is 12.5 Å². The highest BCUT2D eigenvalue weighted by molar-refractivity contribution is 6.16. The zero-order valence-corrected chi connectivity index (χ0v) is 18.7. The van der Waals surface area contributed by atoms with Crippen LogP contribution in [0.1, 0.15) is 36.1 Å². The second kappa shape index (κ2) is 6.07. The van der Waals surface area contributed by atoms with Gasteiger partial charge in [-0.25, -0.2) is 4.57 Å². The van der Waals surface area contributed by atoms with Crippen molar-refractivity contribution in [3.63, 3.8) is 0 Å². The topological polar surface area (TPSA) is 17.0 Å². The Labute approximate surface area is 182 Å². The summed E-state index contributed by atoms with van der Waals surface area (Å²) in [5.41, 5.74) is 12.1. The fourth-order valence-electron chi connectivity index (χ4n) is 5.66. The van der Waals surface area contributed by atoms with Crippen LogP contribution in [0.4, 0.5) is 0 Å². The summed E-state index contributed by atoms with van der Waals surface area (Å²) >= 11 is 0. The first-order valence-corrected chi connectivity index (χ1v) is 10.9. The van der Waals surface area contributed by atoms with Crippen LogP contribution in [0.2, 0.25) is 0 Å². The molecule has 2 heterocycles. The molecule has 5 aromatic rings. The summed E-state index contributed by atoms with van der Waals surface area (Å²) in [7, 11) is 2.10. The highest BCUT2D eigenvalue weighted by atomic mass is 16.3. The van der Waals surface area contributed by atoms with E-state index in [0.717, 1.165) is 11.2 Å². The van der Waals surface area contributed by atoms with Crippen LogP contribution in [0.25, 0.3) is 44.3 Å². The highest BCUT2D eigenvalue weighted by Crippen LogP contribution is 2.53. The summed E-state index contributed by atoms with van der Waals surface area (Å²) in [6.07, 6.45) is 2.10. The third-order valence-corrected chi connectivity index (χ3v) is 7.16. The van der Waals surface area contributed by atoms with E-state index in [2.05, 4.69) is 106 Å². The largest absolute Gasteiger partial charge is 0.454 e. The molecular weight excluding hydrogens is 378 g/mol. The molecule has 0 saturated heterocycles. The Kier molecular flexibility index (Phi) is 3.60. The van der Waals surface area contributed by atoms with Crippen molar-refractivity contribution in [2.45, 2.75) is 33.1 Å². The number of hydrogen-bond acceptors (Lipinski definition) is 1. The molecule has 2 aromatic heterocycles. The van der Waals surface area contributed by atoms with E-state index in [-0.39, 0.29) is 5.41 Å². The third-order valence-electron chi connectivity index (χ3n) is 7.16. The van der Waals surface area contributed by atoms with Crippen molar-refractivity contribution in [1.82, 2.24) is 0 Å². The SMILES string of the molecule is Cc1cc(C)c2c(oc3c4c(ccc32)C(C)(C)c2ccccc2-4)c1-c1cccc[n+]1C. The van der Waals surface area contributed by atoms with Crippen molar-refractivity contribution in [3.05, 3.63) is 89.1 Å². The first-order valence-electron chi connectivity index (χ1n) is 10.9. The van der Waals surface area contributed by atoms with E-state index in [4.69, 9.17) is 4.42 Å². The Morgan fingerprint density at radius 1 is 0.774 bits per heavy atom. The van der Waals surface area contributed by atoms with E-state index in [0.29, 0.717) is 0 Å². The lowest BCUT2D eigenvalue weighted by atomic mass is 9.82. The minimum absolute atomic E-state index is 0.0290. The Hall–Kier alpha value is -3.39. The molecule has 2 heteroatoms. The summed E-state index contributed by atoms with van der Waals surface area (Å²) in [4.78, 5) is 0. The lowest BCUT2D eigenvalue weighted by molar-refractivity contribution is -0.660. The predicted octanol–water partition coefficient (Wildman–Crippen LogP) is 7.00. The highest BCUT2D eigenvalue weighted by Gasteiger charge is 2.37. The number of fused-ring (bicyclic) bond motifs is 7. The predicted molar refractivity (Wildman–Crippen MR) is 127 cm³/mol. The second-order valence-corrected chi connectivity index (χ2v) is 9.42. The van der Waals surface area contributed by atoms with Crippen molar-refractivity contribution >= 4 is 21.9 Å². The standard InChI is InChI=1S/C29H26NO/c1-17-16-18(2)25(23-12-8-9-15-30(23)5)28-24(17)20-13-14-22-26(27(20)31-28)19-10-6-7-11-21(19)29(22,3)4/h6-16H,1-5H3/q+1. The molecule has 152 valence electrons. The monoisotopic (exact) mass is 404 g/mol. The van der Waals surface area contributed by atoms with E-state index >= 15 is 0 Å². The summed E-state index contributed by atoms with van der Waals surface area (Å²) in [6.45, 7) is 9.02. The number of pyridine rings is 1. The number of rotatable bonds is 1. The van der Waals surface area contributed by atoms with E-state index in [1.165, 1.54) is 55.4 Å². The summed E-state index contributed by atoms with van der Waals surface area (Å²) in [6, 6.07) is 22.0. The van der Waals surface area contributed by atoms with Gasteiger partial charge in [0.2, 0.25) is 5.69 Å². The van der Waals surface area contributed by atoms with E-state index in [1.807, 2.05) is 0 Å². The number of furan rings is 1. The molecule has 0 radical (unpaired) electrons. The third kappa shape index (κ3) is 2.31. The second-order valence-electron chi connectivity index (χ2n) is 9.42. The maximum Gasteiger partial charge on any atom is 0.216 e. The number of benzene rings is 3. The van der Waals surface area contributed by atoms with Crippen LogP contribution in [0, 0.1) is 13.8 Å². The van der Waals surface area contributed by atoms with Gasteiger partial charge in [0, 0.05) is 33.9 Å². The average molecular weight is 405 g/mol. The molecule has 0 saturated carbocycles.